The van der Waals surface area contributed by atoms with E-state index in [1.807, 2.05) is 29.6 Å². The van der Waals surface area contributed by atoms with E-state index in [2.05, 4.69) is 0 Å². The van der Waals surface area contributed by atoms with Crippen LogP contribution in [-0.4, -0.2) is 12.3 Å². The largest absolute Gasteiger partial charge is 0.330 e. The van der Waals surface area contributed by atoms with Crippen LogP contribution in [0, 0.1) is 0 Å². The topological polar surface area (TPSA) is 43.1 Å². The number of Topliss-reactive ketones (excluding diaryl/α,β-unsaturated/α-hetero) is 1. The van der Waals surface area contributed by atoms with Gasteiger partial charge in [0.05, 0.1) is 0 Å². The molecule has 0 atom stereocenters. The lowest BCUT2D eigenvalue weighted by molar-refractivity contribution is 0.0985. The summed E-state index contributed by atoms with van der Waals surface area (Å²) in [6.07, 6.45) is 0.426. The molecule has 1 aromatic heterocycles. The summed E-state index contributed by atoms with van der Waals surface area (Å²) in [6, 6.07) is 7.82. The van der Waals surface area contributed by atoms with E-state index in [0.717, 1.165) is 10.9 Å². The molecule has 0 saturated heterocycles. The van der Waals surface area contributed by atoms with Crippen LogP contribution in [0.1, 0.15) is 16.8 Å². The Bertz CT molecular complexity index is 461. The molecule has 3 heteroatoms. The van der Waals surface area contributed by atoms with Crippen molar-refractivity contribution in [3.63, 3.8) is 0 Å². The highest BCUT2D eigenvalue weighted by molar-refractivity contribution is 7.17. The number of carbonyl (C=O) groups excluding carboxylic acids is 1. The zero-order valence-corrected chi connectivity index (χ0v) is 8.51. The highest BCUT2D eigenvalue weighted by atomic mass is 32.1. The van der Waals surface area contributed by atoms with Crippen molar-refractivity contribution < 1.29 is 4.79 Å². The van der Waals surface area contributed by atoms with Crippen LogP contribution >= 0.6 is 11.3 Å². The van der Waals surface area contributed by atoms with Gasteiger partial charge in [-0.15, -0.1) is 11.3 Å². The SMILES string of the molecule is NCCC(=O)c1ccc2sccc2c1. The first-order chi connectivity index (χ1) is 6.81. The van der Waals surface area contributed by atoms with Crippen LogP contribution in [0.25, 0.3) is 10.1 Å². The van der Waals surface area contributed by atoms with Gasteiger partial charge in [-0.25, -0.2) is 0 Å². The standard InChI is InChI=1S/C11H11NOS/c12-5-3-10(13)8-1-2-11-9(7-8)4-6-14-11/h1-2,4,6-7H,3,5,12H2. The Kier molecular flexibility index (Phi) is 2.61. The average Bonchev–Trinajstić information content (AvgIpc) is 2.64. The summed E-state index contributed by atoms with van der Waals surface area (Å²) >= 11 is 1.69. The molecule has 14 heavy (non-hydrogen) atoms. The quantitative estimate of drug-likeness (QED) is 0.782. The minimum Gasteiger partial charge on any atom is -0.330 e. The van der Waals surface area contributed by atoms with Gasteiger partial charge in [-0.2, -0.15) is 0 Å². The monoisotopic (exact) mass is 205 g/mol. The van der Waals surface area contributed by atoms with E-state index in [1.165, 1.54) is 4.70 Å². The van der Waals surface area contributed by atoms with Gasteiger partial charge in [0.2, 0.25) is 0 Å². The summed E-state index contributed by atoms with van der Waals surface area (Å²) in [5.74, 6) is 0.126. The molecular weight excluding hydrogens is 194 g/mol. The first-order valence-corrected chi connectivity index (χ1v) is 5.40. The van der Waals surface area contributed by atoms with Gasteiger partial charge in [-0.1, -0.05) is 0 Å². The highest BCUT2D eigenvalue weighted by Gasteiger charge is 2.05. The maximum absolute atomic E-state index is 11.5. The van der Waals surface area contributed by atoms with Crippen molar-refractivity contribution in [3.05, 3.63) is 35.2 Å². The van der Waals surface area contributed by atoms with E-state index in [-0.39, 0.29) is 5.78 Å². The molecule has 0 aliphatic rings. The van der Waals surface area contributed by atoms with Crippen molar-refractivity contribution in [1.29, 1.82) is 0 Å². The van der Waals surface area contributed by atoms with Gasteiger partial charge in [0.25, 0.3) is 0 Å². The average molecular weight is 205 g/mol. The van der Waals surface area contributed by atoms with E-state index in [0.29, 0.717) is 13.0 Å². The fraction of sp³-hybridized carbons (Fsp3) is 0.182. The highest BCUT2D eigenvalue weighted by Crippen LogP contribution is 2.22. The normalized spacial score (nSPS) is 10.6. The number of thiophene rings is 1. The Morgan fingerprint density at radius 1 is 1.36 bits per heavy atom. The molecule has 0 amide bonds. The smallest absolute Gasteiger partial charge is 0.164 e. The zero-order valence-electron chi connectivity index (χ0n) is 7.69. The maximum Gasteiger partial charge on any atom is 0.164 e. The van der Waals surface area contributed by atoms with E-state index in [9.17, 15) is 4.79 Å². The van der Waals surface area contributed by atoms with Crippen molar-refractivity contribution >= 4 is 27.2 Å². The van der Waals surface area contributed by atoms with E-state index < -0.39 is 0 Å². The number of fused-ring (bicyclic) bond motifs is 1. The van der Waals surface area contributed by atoms with Gasteiger partial charge < -0.3 is 5.73 Å². The number of carbonyl (C=O) groups is 1. The molecule has 1 aromatic carbocycles. The first kappa shape index (κ1) is 9.37. The molecule has 0 unspecified atom stereocenters. The predicted octanol–water partition coefficient (Wildman–Crippen LogP) is 2.43. The molecule has 0 radical (unpaired) electrons. The Labute approximate surface area is 86.3 Å². The Balaban J connectivity index is 2.38. The second-order valence-electron chi connectivity index (χ2n) is 3.14. The Morgan fingerprint density at radius 3 is 3.00 bits per heavy atom. The molecule has 0 aliphatic heterocycles. The summed E-state index contributed by atoms with van der Waals surface area (Å²) < 4.78 is 1.22. The molecule has 0 bridgehead atoms. The molecule has 0 saturated carbocycles. The van der Waals surface area contributed by atoms with E-state index >= 15 is 0 Å². The van der Waals surface area contributed by atoms with Crippen LogP contribution in [-0.2, 0) is 0 Å². The van der Waals surface area contributed by atoms with Crippen LogP contribution < -0.4 is 5.73 Å². The third kappa shape index (κ3) is 1.69. The fourth-order valence-electron chi connectivity index (χ4n) is 1.42. The molecule has 0 spiro atoms. The summed E-state index contributed by atoms with van der Waals surface area (Å²) in [5.41, 5.74) is 6.11. The number of nitrogens with two attached hydrogens (primary N) is 1. The first-order valence-electron chi connectivity index (χ1n) is 4.52. The number of hydrogen-bond donors (Lipinski definition) is 1. The third-order valence-electron chi connectivity index (χ3n) is 2.15. The summed E-state index contributed by atoms with van der Waals surface area (Å²) in [6.45, 7) is 0.417. The molecular formula is C11H11NOS. The summed E-state index contributed by atoms with van der Waals surface area (Å²) in [5, 5.41) is 3.17. The van der Waals surface area contributed by atoms with Gasteiger partial charge in [0.15, 0.2) is 5.78 Å². The molecule has 72 valence electrons. The maximum atomic E-state index is 11.5. The molecule has 2 N–H and O–H groups in total. The number of benzene rings is 1. The van der Waals surface area contributed by atoms with Crippen LogP contribution in [0.4, 0.5) is 0 Å². The van der Waals surface area contributed by atoms with E-state index in [1.54, 1.807) is 11.3 Å². The van der Waals surface area contributed by atoms with Gasteiger partial charge in [0.1, 0.15) is 0 Å². The number of rotatable bonds is 3. The molecule has 1 heterocycles. The second-order valence-corrected chi connectivity index (χ2v) is 4.08. The van der Waals surface area contributed by atoms with Crippen molar-refractivity contribution in [2.75, 3.05) is 6.54 Å². The lowest BCUT2D eigenvalue weighted by Crippen LogP contribution is -2.07. The van der Waals surface area contributed by atoms with Crippen molar-refractivity contribution in [2.24, 2.45) is 5.73 Å². The molecule has 0 fully saturated rings. The van der Waals surface area contributed by atoms with Crippen molar-refractivity contribution in [2.45, 2.75) is 6.42 Å². The van der Waals surface area contributed by atoms with Crippen LogP contribution in [0.15, 0.2) is 29.6 Å². The summed E-state index contributed by atoms with van der Waals surface area (Å²) in [7, 11) is 0. The second kappa shape index (κ2) is 3.90. The Morgan fingerprint density at radius 2 is 2.21 bits per heavy atom. The lowest BCUT2D eigenvalue weighted by Gasteiger charge is -1.98. The molecule has 2 aromatic rings. The lowest BCUT2D eigenvalue weighted by atomic mass is 10.1. The van der Waals surface area contributed by atoms with Gasteiger partial charge in [-0.05, 0) is 41.6 Å². The third-order valence-corrected chi connectivity index (χ3v) is 3.04. The number of hydrogen-bond acceptors (Lipinski definition) is 3. The van der Waals surface area contributed by atoms with Crippen molar-refractivity contribution in [3.8, 4) is 0 Å². The fourth-order valence-corrected chi connectivity index (χ4v) is 2.19. The minimum absolute atomic E-state index is 0.126. The van der Waals surface area contributed by atoms with Gasteiger partial charge in [0, 0.05) is 16.7 Å². The predicted molar refractivity (Wildman–Crippen MR) is 59.8 cm³/mol. The minimum atomic E-state index is 0.126. The molecule has 2 nitrogen and oxygen atoms in total. The molecule has 2 rings (SSSR count). The van der Waals surface area contributed by atoms with Gasteiger partial charge >= 0.3 is 0 Å². The van der Waals surface area contributed by atoms with Gasteiger partial charge in [-0.3, -0.25) is 4.79 Å². The zero-order chi connectivity index (χ0) is 9.97. The van der Waals surface area contributed by atoms with Crippen LogP contribution in [0.2, 0.25) is 0 Å². The van der Waals surface area contributed by atoms with Crippen LogP contribution in [0.5, 0.6) is 0 Å². The molecule has 0 aliphatic carbocycles. The van der Waals surface area contributed by atoms with Crippen molar-refractivity contribution in [1.82, 2.24) is 0 Å². The van der Waals surface area contributed by atoms with E-state index in [4.69, 9.17) is 5.73 Å². The van der Waals surface area contributed by atoms with Crippen LogP contribution in [0.3, 0.4) is 0 Å². The number of ketones is 1. The Hall–Kier alpha value is -1.19. The summed E-state index contributed by atoms with van der Waals surface area (Å²) in [4.78, 5) is 11.5.